The molecule has 0 spiro atoms. The van der Waals surface area contributed by atoms with Crippen LogP contribution in [0.2, 0.25) is 0 Å². The van der Waals surface area contributed by atoms with E-state index in [1.165, 1.54) is 31.2 Å². The molecule has 0 radical (unpaired) electrons. The Morgan fingerprint density at radius 2 is 2.12 bits per heavy atom. The zero-order chi connectivity index (χ0) is 18.2. The van der Waals surface area contributed by atoms with Gasteiger partial charge >= 0.3 is 0 Å². The molecule has 5 nitrogen and oxygen atoms in total. The summed E-state index contributed by atoms with van der Waals surface area (Å²) in [5, 5.41) is 7.00. The molecule has 26 heavy (non-hydrogen) atoms. The van der Waals surface area contributed by atoms with Gasteiger partial charge in [-0.3, -0.25) is 0 Å². The van der Waals surface area contributed by atoms with Crippen molar-refractivity contribution in [2.45, 2.75) is 58.7 Å². The second-order valence-electron chi connectivity index (χ2n) is 7.27. The van der Waals surface area contributed by atoms with Gasteiger partial charge in [0.2, 0.25) is 0 Å². The number of rotatable bonds is 6. The summed E-state index contributed by atoms with van der Waals surface area (Å²) in [6, 6.07) is 11.0. The van der Waals surface area contributed by atoms with Gasteiger partial charge in [0.25, 0.3) is 0 Å². The minimum atomic E-state index is 0.528. The normalized spacial score (nSPS) is 20.8. The number of hydrogen-bond donors (Lipinski definition) is 2. The van der Waals surface area contributed by atoms with E-state index in [-0.39, 0.29) is 0 Å². The highest BCUT2D eigenvalue weighted by atomic mass is 15.2. The Hall–Kier alpha value is -2.30. The highest BCUT2D eigenvalue weighted by Gasteiger charge is 2.19. The number of imidazole rings is 1. The molecule has 5 heteroatoms. The number of aliphatic imine (C=N–C) groups is 1. The van der Waals surface area contributed by atoms with Crippen LogP contribution in [0.15, 0.2) is 47.7 Å². The lowest BCUT2D eigenvalue weighted by molar-refractivity contribution is 0.324. The second-order valence-corrected chi connectivity index (χ2v) is 7.27. The van der Waals surface area contributed by atoms with Crippen molar-refractivity contribution in [3.8, 4) is 0 Å². The highest BCUT2D eigenvalue weighted by molar-refractivity contribution is 5.80. The van der Waals surface area contributed by atoms with Crippen LogP contribution in [0.25, 0.3) is 0 Å². The SMILES string of the molecule is CCNC(=NCc1nccn1Cc1ccccc1)NC1CCCC(C)C1. The first kappa shape index (κ1) is 18.5. The minimum absolute atomic E-state index is 0.528. The molecule has 1 aliphatic carbocycles. The largest absolute Gasteiger partial charge is 0.357 e. The van der Waals surface area contributed by atoms with Crippen LogP contribution in [0, 0.1) is 5.92 Å². The van der Waals surface area contributed by atoms with Crippen molar-refractivity contribution in [3.63, 3.8) is 0 Å². The van der Waals surface area contributed by atoms with E-state index in [0.717, 1.165) is 30.8 Å². The quantitative estimate of drug-likeness (QED) is 0.617. The van der Waals surface area contributed by atoms with Gasteiger partial charge in [0.1, 0.15) is 12.4 Å². The molecule has 1 fully saturated rings. The smallest absolute Gasteiger partial charge is 0.191 e. The highest BCUT2D eigenvalue weighted by Crippen LogP contribution is 2.23. The van der Waals surface area contributed by atoms with Gasteiger partial charge in [0, 0.05) is 31.5 Å². The Kier molecular flexibility index (Phi) is 6.69. The summed E-state index contributed by atoms with van der Waals surface area (Å²) >= 11 is 0. The van der Waals surface area contributed by atoms with Gasteiger partial charge < -0.3 is 15.2 Å². The first-order valence-electron chi connectivity index (χ1n) is 9.83. The topological polar surface area (TPSA) is 54.2 Å². The lowest BCUT2D eigenvalue weighted by Gasteiger charge is -2.28. The van der Waals surface area contributed by atoms with Gasteiger partial charge in [-0.05, 0) is 31.2 Å². The molecular formula is C21H31N5. The molecule has 0 amide bonds. The Bertz CT molecular complexity index is 691. The van der Waals surface area contributed by atoms with Crippen molar-refractivity contribution in [1.82, 2.24) is 20.2 Å². The monoisotopic (exact) mass is 353 g/mol. The van der Waals surface area contributed by atoms with Crippen LogP contribution in [0.5, 0.6) is 0 Å². The van der Waals surface area contributed by atoms with Crippen molar-refractivity contribution < 1.29 is 0 Å². The zero-order valence-corrected chi connectivity index (χ0v) is 16.0. The van der Waals surface area contributed by atoms with Crippen molar-refractivity contribution in [2.75, 3.05) is 6.54 Å². The van der Waals surface area contributed by atoms with Crippen LogP contribution in [0.1, 0.15) is 50.9 Å². The summed E-state index contributed by atoms with van der Waals surface area (Å²) in [6.45, 7) is 6.73. The van der Waals surface area contributed by atoms with Crippen molar-refractivity contribution in [2.24, 2.45) is 10.9 Å². The maximum absolute atomic E-state index is 4.79. The Morgan fingerprint density at radius 1 is 1.27 bits per heavy atom. The summed E-state index contributed by atoms with van der Waals surface area (Å²) in [5.41, 5.74) is 1.27. The van der Waals surface area contributed by atoms with E-state index in [4.69, 9.17) is 4.99 Å². The van der Waals surface area contributed by atoms with E-state index >= 15 is 0 Å². The molecule has 0 aliphatic heterocycles. The Morgan fingerprint density at radius 3 is 2.88 bits per heavy atom. The van der Waals surface area contributed by atoms with Gasteiger partial charge in [0.05, 0.1) is 0 Å². The number of benzene rings is 1. The molecule has 1 aromatic heterocycles. The average molecular weight is 354 g/mol. The molecule has 2 N–H and O–H groups in total. The number of aromatic nitrogens is 2. The van der Waals surface area contributed by atoms with E-state index in [1.54, 1.807) is 0 Å². The summed E-state index contributed by atoms with van der Waals surface area (Å²) in [7, 11) is 0. The minimum Gasteiger partial charge on any atom is -0.357 e. The van der Waals surface area contributed by atoms with Gasteiger partial charge in [-0.15, -0.1) is 0 Å². The number of nitrogens with one attached hydrogen (secondary N) is 2. The van der Waals surface area contributed by atoms with Crippen LogP contribution in [-0.4, -0.2) is 28.1 Å². The predicted octanol–water partition coefficient (Wildman–Crippen LogP) is 3.57. The summed E-state index contributed by atoms with van der Waals surface area (Å²) in [5.74, 6) is 2.69. The average Bonchev–Trinajstić information content (AvgIpc) is 3.08. The lowest BCUT2D eigenvalue weighted by atomic mass is 9.87. The molecule has 1 heterocycles. The maximum Gasteiger partial charge on any atom is 0.191 e. The molecule has 2 aromatic rings. The zero-order valence-electron chi connectivity index (χ0n) is 16.0. The molecule has 0 bridgehead atoms. The lowest BCUT2D eigenvalue weighted by Crippen LogP contribution is -2.45. The van der Waals surface area contributed by atoms with Gasteiger partial charge in [-0.1, -0.05) is 50.1 Å². The maximum atomic E-state index is 4.79. The third kappa shape index (κ3) is 5.35. The van der Waals surface area contributed by atoms with Crippen LogP contribution < -0.4 is 10.6 Å². The first-order chi connectivity index (χ1) is 12.7. The fourth-order valence-corrected chi connectivity index (χ4v) is 3.64. The number of guanidine groups is 1. The molecular weight excluding hydrogens is 322 g/mol. The van der Waals surface area contributed by atoms with E-state index in [2.05, 4.69) is 58.3 Å². The van der Waals surface area contributed by atoms with Gasteiger partial charge in [0.15, 0.2) is 5.96 Å². The number of nitrogens with zero attached hydrogens (tertiary/aromatic N) is 3. The van der Waals surface area contributed by atoms with Crippen LogP contribution in [-0.2, 0) is 13.1 Å². The molecule has 1 aromatic carbocycles. The van der Waals surface area contributed by atoms with E-state index < -0.39 is 0 Å². The van der Waals surface area contributed by atoms with Crippen molar-refractivity contribution in [3.05, 3.63) is 54.1 Å². The summed E-state index contributed by atoms with van der Waals surface area (Å²) in [4.78, 5) is 9.29. The third-order valence-corrected chi connectivity index (χ3v) is 5.00. The fourth-order valence-electron chi connectivity index (χ4n) is 3.64. The van der Waals surface area contributed by atoms with Crippen molar-refractivity contribution in [1.29, 1.82) is 0 Å². The third-order valence-electron chi connectivity index (χ3n) is 5.00. The van der Waals surface area contributed by atoms with Gasteiger partial charge in [-0.2, -0.15) is 0 Å². The Labute approximate surface area is 156 Å². The fraction of sp³-hybridized carbons (Fsp3) is 0.524. The molecule has 1 aliphatic rings. The molecule has 2 atom stereocenters. The van der Waals surface area contributed by atoms with E-state index in [0.29, 0.717) is 12.6 Å². The van der Waals surface area contributed by atoms with Gasteiger partial charge in [-0.25, -0.2) is 9.98 Å². The second kappa shape index (κ2) is 9.41. The van der Waals surface area contributed by atoms with E-state index in [9.17, 15) is 0 Å². The van der Waals surface area contributed by atoms with Crippen LogP contribution >= 0.6 is 0 Å². The van der Waals surface area contributed by atoms with Crippen molar-refractivity contribution >= 4 is 5.96 Å². The molecule has 140 valence electrons. The molecule has 2 unspecified atom stereocenters. The molecule has 0 saturated heterocycles. The number of hydrogen-bond acceptors (Lipinski definition) is 2. The molecule has 3 rings (SSSR count). The predicted molar refractivity (Wildman–Crippen MR) is 107 cm³/mol. The first-order valence-corrected chi connectivity index (χ1v) is 9.83. The van der Waals surface area contributed by atoms with E-state index in [1.807, 2.05) is 18.5 Å². The van der Waals surface area contributed by atoms with Crippen LogP contribution in [0.4, 0.5) is 0 Å². The summed E-state index contributed by atoms with van der Waals surface area (Å²) in [6.07, 6.45) is 9.00. The Balaban J connectivity index is 1.63. The standard InChI is InChI=1S/C21H31N5/c1-3-22-21(25-19-11-7-8-17(2)14-19)24-15-20-23-12-13-26(20)16-18-9-5-4-6-10-18/h4-6,9-10,12-13,17,19H,3,7-8,11,14-16H2,1-2H3,(H2,22,24,25). The summed E-state index contributed by atoms with van der Waals surface area (Å²) < 4.78 is 2.17. The molecule has 1 saturated carbocycles. The van der Waals surface area contributed by atoms with Crippen LogP contribution in [0.3, 0.4) is 0 Å².